The summed E-state index contributed by atoms with van der Waals surface area (Å²) in [5, 5.41) is 9.75. The molecule has 2 rings (SSSR count). The highest BCUT2D eigenvalue weighted by Gasteiger charge is 2.42. The molecule has 0 spiro atoms. The predicted octanol–water partition coefficient (Wildman–Crippen LogP) is 2.92. The number of carboxylic acids is 1. The Labute approximate surface area is 133 Å². The van der Waals surface area contributed by atoms with Crippen molar-refractivity contribution >= 4 is 39.2 Å². The van der Waals surface area contributed by atoms with Crippen molar-refractivity contribution in [2.24, 2.45) is 5.41 Å². The second-order valence-electron chi connectivity index (χ2n) is 5.22. The number of aliphatic carboxylic acids is 1. The molecule has 1 aliphatic rings. The van der Waals surface area contributed by atoms with Crippen LogP contribution in [0.4, 0.5) is 0 Å². The number of sulfonamides is 1. The zero-order chi connectivity index (χ0) is 15.7. The van der Waals surface area contributed by atoms with Crippen molar-refractivity contribution in [2.45, 2.75) is 30.6 Å². The van der Waals surface area contributed by atoms with E-state index in [-0.39, 0.29) is 21.5 Å². The van der Waals surface area contributed by atoms with Gasteiger partial charge in [0.2, 0.25) is 10.0 Å². The number of benzene rings is 1. The zero-order valence-corrected chi connectivity index (χ0v) is 13.4. The van der Waals surface area contributed by atoms with Gasteiger partial charge in [0.15, 0.2) is 0 Å². The van der Waals surface area contributed by atoms with Crippen LogP contribution in [-0.4, -0.2) is 26.0 Å². The van der Waals surface area contributed by atoms with Gasteiger partial charge in [-0.25, -0.2) is 13.1 Å². The SMILES string of the molecule is O=C(O)C1(CNS(=O)(=O)c2cc(Cl)cc(Cl)c2)CCCC1. The lowest BCUT2D eigenvalue weighted by molar-refractivity contribution is -0.148. The molecule has 0 radical (unpaired) electrons. The summed E-state index contributed by atoms with van der Waals surface area (Å²) in [5.41, 5.74) is -1.02. The summed E-state index contributed by atoms with van der Waals surface area (Å²) in [7, 11) is -3.85. The number of halogens is 2. The van der Waals surface area contributed by atoms with Crippen LogP contribution in [0.5, 0.6) is 0 Å². The number of rotatable bonds is 5. The van der Waals surface area contributed by atoms with Gasteiger partial charge in [-0.05, 0) is 31.0 Å². The van der Waals surface area contributed by atoms with Crippen LogP contribution in [-0.2, 0) is 14.8 Å². The first kappa shape index (κ1) is 16.5. The van der Waals surface area contributed by atoms with E-state index in [4.69, 9.17) is 23.2 Å². The Morgan fingerprint density at radius 2 is 1.71 bits per heavy atom. The maximum absolute atomic E-state index is 12.2. The third-order valence-corrected chi connectivity index (χ3v) is 5.58. The molecular weight excluding hydrogens is 337 g/mol. The summed E-state index contributed by atoms with van der Waals surface area (Å²) in [6, 6.07) is 3.98. The summed E-state index contributed by atoms with van der Waals surface area (Å²) in [5.74, 6) is -0.966. The quantitative estimate of drug-likeness (QED) is 0.854. The van der Waals surface area contributed by atoms with E-state index in [1.807, 2.05) is 0 Å². The van der Waals surface area contributed by atoms with Gasteiger partial charge < -0.3 is 5.11 Å². The fraction of sp³-hybridized carbons (Fsp3) is 0.462. The van der Waals surface area contributed by atoms with Gasteiger partial charge in [-0.15, -0.1) is 0 Å². The highest BCUT2D eigenvalue weighted by atomic mass is 35.5. The van der Waals surface area contributed by atoms with E-state index in [0.29, 0.717) is 12.8 Å². The summed E-state index contributed by atoms with van der Waals surface area (Å²) in [6.07, 6.45) is 2.52. The Hall–Kier alpha value is -0.820. The monoisotopic (exact) mass is 351 g/mol. The number of carbonyl (C=O) groups is 1. The van der Waals surface area contributed by atoms with Crippen molar-refractivity contribution in [1.29, 1.82) is 0 Å². The van der Waals surface area contributed by atoms with Gasteiger partial charge in [0.25, 0.3) is 0 Å². The number of nitrogens with one attached hydrogen (secondary N) is 1. The van der Waals surface area contributed by atoms with Gasteiger partial charge in [0.05, 0.1) is 10.3 Å². The Morgan fingerprint density at radius 1 is 1.19 bits per heavy atom. The first-order valence-electron chi connectivity index (χ1n) is 6.44. The summed E-state index contributed by atoms with van der Waals surface area (Å²) >= 11 is 11.6. The van der Waals surface area contributed by atoms with E-state index in [2.05, 4.69) is 4.72 Å². The van der Waals surface area contributed by atoms with Gasteiger partial charge in [0, 0.05) is 16.6 Å². The minimum absolute atomic E-state index is 0.0708. The molecule has 0 heterocycles. The molecule has 1 aliphatic carbocycles. The molecular formula is C13H15Cl2NO4S. The molecule has 1 aromatic rings. The second kappa shape index (κ2) is 6.12. The Morgan fingerprint density at radius 3 is 2.19 bits per heavy atom. The van der Waals surface area contributed by atoms with Crippen LogP contribution in [0.2, 0.25) is 10.0 Å². The van der Waals surface area contributed by atoms with E-state index >= 15 is 0 Å². The van der Waals surface area contributed by atoms with E-state index < -0.39 is 21.4 Å². The molecule has 1 saturated carbocycles. The normalized spacial score (nSPS) is 17.8. The second-order valence-corrected chi connectivity index (χ2v) is 7.86. The Bertz CT molecular complexity index is 634. The van der Waals surface area contributed by atoms with Crippen LogP contribution in [0.1, 0.15) is 25.7 Å². The standard InChI is InChI=1S/C13H15Cl2NO4S/c14-9-5-10(15)7-11(6-9)21(19,20)16-8-13(12(17)18)3-1-2-4-13/h5-7,16H,1-4,8H2,(H,17,18). The Kier molecular flexibility index (Phi) is 4.82. The summed E-state index contributed by atoms with van der Waals surface area (Å²) in [6.45, 7) is -0.130. The Balaban J connectivity index is 2.19. The average molecular weight is 352 g/mol. The molecule has 1 aromatic carbocycles. The van der Waals surface area contributed by atoms with E-state index in [1.54, 1.807) is 0 Å². The van der Waals surface area contributed by atoms with Crippen LogP contribution in [0, 0.1) is 5.41 Å². The third kappa shape index (κ3) is 3.69. The van der Waals surface area contributed by atoms with Crippen molar-refractivity contribution in [1.82, 2.24) is 4.72 Å². The highest BCUT2D eigenvalue weighted by molar-refractivity contribution is 7.89. The molecule has 8 heteroatoms. The summed E-state index contributed by atoms with van der Waals surface area (Å²) in [4.78, 5) is 11.3. The number of carboxylic acid groups (broad SMARTS) is 1. The van der Waals surface area contributed by atoms with E-state index in [1.165, 1.54) is 18.2 Å². The van der Waals surface area contributed by atoms with Crippen LogP contribution in [0.15, 0.2) is 23.1 Å². The molecule has 0 amide bonds. The molecule has 2 N–H and O–H groups in total. The summed E-state index contributed by atoms with van der Waals surface area (Å²) < 4.78 is 26.8. The van der Waals surface area contributed by atoms with Gasteiger partial charge in [-0.2, -0.15) is 0 Å². The van der Waals surface area contributed by atoms with E-state index in [9.17, 15) is 18.3 Å². The van der Waals surface area contributed by atoms with Crippen molar-refractivity contribution in [3.63, 3.8) is 0 Å². The molecule has 0 atom stereocenters. The molecule has 116 valence electrons. The minimum atomic E-state index is -3.85. The molecule has 0 bridgehead atoms. The molecule has 0 aromatic heterocycles. The lowest BCUT2D eigenvalue weighted by Crippen LogP contribution is -2.41. The minimum Gasteiger partial charge on any atom is -0.481 e. The average Bonchev–Trinajstić information content (AvgIpc) is 2.85. The maximum Gasteiger partial charge on any atom is 0.310 e. The van der Waals surface area contributed by atoms with Crippen LogP contribution in [0.3, 0.4) is 0 Å². The van der Waals surface area contributed by atoms with Gasteiger partial charge in [-0.1, -0.05) is 36.0 Å². The van der Waals surface area contributed by atoms with Crippen molar-refractivity contribution in [2.75, 3.05) is 6.54 Å². The molecule has 0 saturated heterocycles. The molecule has 5 nitrogen and oxygen atoms in total. The molecule has 0 aliphatic heterocycles. The first-order chi connectivity index (χ1) is 9.75. The molecule has 0 unspecified atom stereocenters. The van der Waals surface area contributed by atoms with Crippen LogP contribution < -0.4 is 4.72 Å². The van der Waals surface area contributed by atoms with Gasteiger partial charge in [-0.3, -0.25) is 4.79 Å². The maximum atomic E-state index is 12.2. The fourth-order valence-corrected chi connectivity index (χ4v) is 4.37. The topological polar surface area (TPSA) is 83.5 Å². The van der Waals surface area contributed by atoms with Gasteiger partial charge >= 0.3 is 5.97 Å². The van der Waals surface area contributed by atoms with Gasteiger partial charge in [0.1, 0.15) is 0 Å². The fourth-order valence-electron chi connectivity index (χ4n) is 2.52. The smallest absolute Gasteiger partial charge is 0.310 e. The zero-order valence-electron chi connectivity index (χ0n) is 11.1. The van der Waals surface area contributed by atoms with Crippen molar-refractivity contribution in [3.8, 4) is 0 Å². The molecule has 21 heavy (non-hydrogen) atoms. The molecule has 1 fully saturated rings. The highest BCUT2D eigenvalue weighted by Crippen LogP contribution is 2.38. The number of hydrogen-bond acceptors (Lipinski definition) is 3. The third-order valence-electron chi connectivity index (χ3n) is 3.76. The number of hydrogen-bond donors (Lipinski definition) is 2. The first-order valence-corrected chi connectivity index (χ1v) is 8.68. The van der Waals surface area contributed by atoms with Crippen LogP contribution >= 0.6 is 23.2 Å². The predicted molar refractivity (Wildman–Crippen MR) is 80.2 cm³/mol. The van der Waals surface area contributed by atoms with E-state index in [0.717, 1.165) is 12.8 Å². The largest absolute Gasteiger partial charge is 0.481 e. The van der Waals surface area contributed by atoms with Crippen molar-refractivity contribution < 1.29 is 18.3 Å². The van der Waals surface area contributed by atoms with Crippen molar-refractivity contribution in [3.05, 3.63) is 28.2 Å². The lowest BCUT2D eigenvalue weighted by Gasteiger charge is -2.23. The van der Waals surface area contributed by atoms with Crippen LogP contribution in [0.25, 0.3) is 0 Å². The lowest BCUT2D eigenvalue weighted by atomic mass is 9.87.